The number of azide groups is 1. The van der Waals surface area contributed by atoms with Crippen molar-refractivity contribution in [1.82, 2.24) is 9.55 Å². The van der Waals surface area contributed by atoms with Crippen molar-refractivity contribution < 1.29 is 19.7 Å². The first-order valence-electron chi connectivity index (χ1n) is 6.73. The van der Waals surface area contributed by atoms with E-state index in [1.807, 2.05) is 0 Å². The Labute approximate surface area is 125 Å². The predicted molar refractivity (Wildman–Crippen MR) is 74.1 cm³/mol. The third-order valence-electron chi connectivity index (χ3n) is 3.41. The summed E-state index contributed by atoms with van der Waals surface area (Å²) in [5.41, 5.74) is 6.74. The van der Waals surface area contributed by atoms with Crippen LogP contribution in [0.25, 0.3) is 10.4 Å². The van der Waals surface area contributed by atoms with Crippen LogP contribution in [0.2, 0.25) is 0 Å². The summed E-state index contributed by atoms with van der Waals surface area (Å²) in [5, 5.41) is 22.7. The maximum atomic E-state index is 12.1. The van der Waals surface area contributed by atoms with E-state index in [-0.39, 0.29) is 12.3 Å². The zero-order chi connectivity index (χ0) is 16.3. The zero-order valence-electron chi connectivity index (χ0n) is 12.2. The van der Waals surface area contributed by atoms with Gasteiger partial charge in [-0.05, 0) is 19.4 Å². The molecular weight excluding hydrogens is 294 g/mol. The normalized spacial score (nSPS) is 27.5. The minimum atomic E-state index is -1.80. The Balaban J connectivity index is 2.36. The molecule has 3 atom stereocenters. The van der Waals surface area contributed by atoms with Gasteiger partial charge in [0.25, 0.3) is 0 Å². The molecule has 0 amide bonds. The fourth-order valence-electron chi connectivity index (χ4n) is 2.29. The second kappa shape index (κ2) is 6.32. The molecule has 0 bridgehead atoms. The van der Waals surface area contributed by atoms with Crippen LogP contribution in [0, 0.1) is 6.92 Å². The van der Waals surface area contributed by atoms with Gasteiger partial charge in [0.15, 0.2) is 5.72 Å². The van der Waals surface area contributed by atoms with Gasteiger partial charge < -0.3 is 19.7 Å². The molecule has 1 aliphatic rings. The Morgan fingerprint density at radius 1 is 1.73 bits per heavy atom. The quantitative estimate of drug-likeness (QED) is 0.452. The van der Waals surface area contributed by atoms with Gasteiger partial charge in [0, 0.05) is 23.1 Å². The molecule has 1 saturated heterocycles. The number of aliphatic hydroxyl groups is 2. The van der Waals surface area contributed by atoms with Gasteiger partial charge in [0.05, 0.1) is 19.3 Å². The van der Waals surface area contributed by atoms with Crippen molar-refractivity contribution in [2.45, 2.75) is 38.3 Å². The van der Waals surface area contributed by atoms with Gasteiger partial charge in [-0.1, -0.05) is 5.11 Å². The Morgan fingerprint density at radius 3 is 3.05 bits per heavy atom. The average Bonchev–Trinajstić information content (AvgIpc) is 2.80. The number of hydrogen-bond donors (Lipinski definition) is 2. The molecule has 10 heteroatoms. The van der Waals surface area contributed by atoms with E-state index in [9.17, 15) is 15.0 Å². The monoisotopic (exact) mass is 311 g/mol. The molecule has 0 radical (unpaired) electrons. The number of hydrogen-bond acceptors (Lipinski definition) is 7. The van der Waals surface area contributed by atoms with E-state index >= 15 is 0 Å². The summed E-state index contributed by atoms with van der Waals surface area (Å²) in [4.78, 5) is 18.4. The molecular formula is C12H17N5O5. The van der Waals surface area contributed by atoms with Gasteiger partial charge in [-0.15, -0.1) is 0 Å². The molecule has 1 fully saturated rings. The first kappa shape index (κ1) is 16.2. The highest BCUT2D eigenvalue weighted by Gasteiger charge is 2.48. The number of nitrogens with zero attached hydrogens (tertiary/aromatic N) is 5. The maximum Gasteiger partial charge on any atom is 0.352 e. The van der Waals surface area contributed by atoms with Crippen molar-refractivity contribution in [1.29, 1.82) is 0 Å². The van der Waals surface area contributed by atoms with Gasteiger partial charge in [-0.25, -0.2) is 4.79 Å². The third kappa shape index (κ3) is 2.77. The van der Waals surface area contributed by atoms with E-state index in [0.29, 0.717) is 12.2 Å². The van der Waals surface area contributed by atoms with Crippen molar-refractivity contribution >= 4 is 0 Å². The molecule has 2 N–H and O–H groups in total. The molecule has 0 unspecified atom stereocenters. The van der Waals surface area contributed by atoms with Crippen LogP contribution in [0.4, 0.5) is 0 Å². The smallest absolute Gasteiger partial charge is 0.352 e. The fourth-order valence-corrected chi connectivity index (χ4v) is 2.29. The topological polar surface area (TPSA) is 143 Å². The van der Waals surface area contributed by atoms with E-state index < -0.39 is 30.4 Å². The summed E-state index contributed by atoms with van der Waals surface area (Å²) in [6.45, 7) is 3.16. The Kier molecular flexibility index (Phi) is 4.67. The predicted octanol–water partition coefficient (Wildman–Crippen LogP) is 0.229. The van der Waals surface area contributed by atoms with Crippen LogP contribution in [-0.4, -0.2) is 44.8 Å². The molecule has 2 rings (SSSR count). The highest BCUT2D eigenvalue weighted by molar-refractivity contribution is 5.20. The van der Waals surface area contributed by atoms with Crippen LogP contribution >= 0.6 is 0 Å². The molecule has 0 aromatic carbocycles. The zero-order valence-corrected chi connectivity index (χ0v) is 12.2. The fraction of sp³-hybridized carbons (Fsp3) is 0.667. The Bertz CT molecular complexity index is 656. The van der Waals surface area contributed by atoms with Crippen LogP contribution in [0.5, 0.6) is 5.88 Å². The molecule has 0 aliphatic carbocycles. The van der Waals surface area contributed by atoms with Gasteiger partial charge in [0.2, 0.25) is 5.88 Å². The molecule has 22 heavy (non-hydrogen) atoms. The van der Waals surface area contributed by atoms with E-state index in [1.54, 1.807) is 13.8 Å². The first-order chi connectivity index (χ1) is 10.5. The van der Waals surface area contributed by atoms with Crippen LogP contribution in [0.15, 0.2) is 16.1 Å². The number of aliphatic hydroxyl groups excluding tert-OH is 2. The summed E-state index contributed by atoms with van der Waals surface area (Å²) in [6.07, 6.45) is -0.672. The molecule has 1 aromatic rings. The number of aryl methyl sites for hydroxylation is 1. The molecule has 120 valence electrons. The molecule has 2 heterocycles. The SMILES string of the molecule is CCOc1nc(=O)n([C@@H]2C[C@H](O)[C@](CO)(N=[N+]=[N-])O2)cc1C. The van der Waals surface area contributed by atoms with Gasteiger partial charge in [0.1, 0.15) is 6.23 Å². The van der Waals surface area contributed by atoms with E-state index in [4.69, 9.17) is 15.0 Å². The van der Waals surface area contributed by atoms with Gasteiger partial charge >= 0.3 is 5.69 Å². The van der Waals surface area contributed by atoms with E-state index in [0.717, 1.165) is 0 Å². The number of aromatic nitrogens is 2. The van der Waals surface area contributed by atoms with Crippen molar-refractivity contribution in [3.8, 4) is 5.88 Å². The molecule has 1 aromatic heterocycles. The highest BCUT2D eigenvalue weighted by atomic mass is 16.6. The summed E-state index contributed by atoms with van der Waals surface area (Å²) in [6, 6.07) is 0. The van der Waals surface area contributed by atoms with Gasteiger partial charge in [-0.2, -0.15) is 4.98 Å². The van der Waals surface area contributed by atoms with Crippen molar-refractivity contribution in [2.75, 3.05) is 13.2 Å². The maximum absolute atomic E-state index is 12.1. The van der Waals surface area contributed by atoms with Crippen molar-refractivity contribution in [3.63, 3.8) is 0 Å². The minimum absolute atomic E-state index is 0.0193. The first-order valence-corrected chi connectivity index (χ1v) is 6.73. The second-order valence-electron chi connectivity index (χ2n) is 4.87. The van der Waals surface area contributed by atoms with Crippen molar-refractivity contribution in [2.24, 2.45) is 5.11 Å². The lowest BCUT2D eigenvalue weighted by Crippen LogP contribution is -2.40. The largest absolute Gasteiger partial charge is 0.478 e. The molecule has 1 aliphatic heterocycles. The average molecular weight is 311 g/mol. The lowest BCUT2D eigenvalue weighted by atomic mass is 10.1. The number of rotatable bonds is 5. The van der Waals surface area contributed by atoms with E-state index in [1.165, 1.54) is 10.8 Å². The minimum Gasteiger partial charge on any atom is -0.478 e. The Hall–Kier alpha value is -2.13. The summed E-state index contributed by atoms with van der Waals surface area (Å²) in [7, 11) is 0. The van der Waals surface area contributed by atoms with Crippen LogP contribution in [0.1, 0.15) is 25.1 Å². The van der Waals surface area contributed by atoms with Crippen molar-refractivity contribution in [3.05, 3.63) is 32.7 Å². The standard InChI is InChI=1S/C12H17N5O5/c1-3-21-10-7(2)5-17(11(20)14-10)9-4-8(19)12(6-18,22-9)15-16-13/h5,8-9,18-19H,3-4,6H2,1-2H3/t8-,9-,12+/m0/s1. The second-order valence-corrected chi connectivity index (χ2v) is 4.87. The number of ether oxygens (including phenoxy) is 2. The summed E-state index contributed by atoms with van der Waals surface area (Å²) >= 11 is 0. The van der Waals surface area contributed by atoms with E-state index in [2.05, 4.69) is 15.0 Å². The van der Waals surface area contributed by atoms with Crippen LogP contribution in [0.3, 0.4) is 0 Å². The Morgan fingerprint density at radius 2 is 2.45 bits per heavy atom. The lowest BCUT2D eigenvalue weighted by Gasteiger charge is -2.24. The molecule has 0 spiro atoms. The van der Waals surface area contributed by atoms with Crippen LogP contribution < -0.4 is 10.4 Å². The third-order valence-corrected chi connectivity index (χ3v) is 3.41. The highest BCUT2D eigenvalue weighted by Crippen LogP contribution is 2.37. The summed E-state index contributed by atoms with van der Waals surface area (Å²) < 4.78 is 11.8. The summed E-state index contributed by atoms with van der Waals surface area (Å²) in [5.74, 6) is 0.228. The molecule has 0 saturated carbocycles. The van der Waals surface area contributed by atoms with Gasteiger partial charge in [-0.3, -0.25) is 4.57 Å². The lowest BCUT2D eigenvalue weighted by molar-refractivity contribution is -0.124. The molecule has 10 nitrogen and oxygen atoms in total. The van der Waals surface area contributed by atoms with Crippen LogP contribution in [-0.2, 0) is 4.74 Å².